The molecule has 3 N–H and O–H groups in total. The molecular formula is C14H28N2O3. The molecule has 0 aromatic heterocycles. The van der Waals surface area contributed by atoms with Crippen LogP contribution in [0, 0.1) is 5.92 Å². The van der Waals surface area contributed by atoms with Gasteiger partial charge in [-0.15, -0.1) is 0 Å². The van der Waals surface area contributed by atoms with Crippen LogP contribution in [0.2, 0.25) is 0 Å². The minimum absolute atomic E-state index is 0.0439. The molecule has 1 unspecified atom stereocenters. The van der Waals surface area contributed by atoms with Gasteiger partial charge >= 0.3 is 0 Å². The summed E-state index contributed by atoms with van der Waals surface area (Å²) in [6, 6.07) is 0. The molecule has 19 heavy (non-hydrogen) atoms. The van der Waals surface area contributed by atoms with Crippen LogP contribution in [0.3, 0.4) is 0 Å². The Labute approximate surface area is 116 Å². The average Bonchev–Trinajstić information content (AvgIpc) is 2.44. The zero-order valence-corrected chi connectivity index (χ0v) is 12.0. The van der Waals surface area contributed by atoms with Gasteiger partial charge in [-0.3, -0.25) is 4.79 Å². The summed E-state index contributed by atoms with van der Waals surface area (Å²) in [7, 11) is 0. The van der Waals surface area contributed by atoms with E-state index in [2.05, 4.69) is 17.6 Å². The van der Waals surface area contributed by atoms with Crippen LogP contribution in [0.1, 0.15) is 39.0 Å². The Balaban J connectivity index is 2.11. The number of ether oxygens (including phenoxy) is 1. The van der Waals surface area contributed by atoms with Crippen LogP contribution in [0.15, 0.2) is 0 Å². The summed E-state index contributed by atoms with van der Waals surface area (Å²) in [4.78, 5) is 11.7. The van der Waals surface area contributed by atoms with E-state index in [9.17, 15) is 4.79 Å². The fourth-order valence-corrected chi connectivity index (χ4v) is 2.40. The van der Waals surface area contributed by atoms with Gasteiger partial charge in [0.2, 0.25) is 5.91 Å². The van der Waals surface area contributed by atoms with Crippen LogP contribution in [0.4, 0.5) is 0 Å². The summed E-state index contributed by atoms with van der Waals surface area (Å²) in [5.41, 5.74) is 0. The molecule has 1 aliphatic rings. The SMILES string of the molecule is CCCC(CCO)CNC(=O)COC1CCNCC1. The first-order valence-corrected chi connectivity index (χ1v) is 7.46. The number of hydrogen-bond acceptors (Lipinski definition) is 4. The van der Waals surface area contributed by atoms with Gasteiger partial charge in [0.25, 0.3) is 0 Å². The highest BCUT2D eigenvalue weighted by Crippen LogP contribution is 2.09. The first kappa shape index (κ1) is 16.4. The van der Waals surface area contributed by atoms with Crippen molar-refractivity contribution in [2.24, 2.45) is 5.92 Å². The van der Waals surface area contributed by atoms with Crippen LogP contribution in [-0.2, 0) is 9.53 Å². The van der Waals surface area contributed by atoms with Gasteiger partial charge in [0.1, 0.15) is 6.61 Å². The zero-order valence-electron chi connectivity index (χ0n) is 12.0. The van der Waals surface area contributed by atoms with Crippen molar-refractivity contribution in [3.05, 3.63) is 0 Å². The fourth-order valence-electron chi connectivity index (χ4n) is 2.40. The molecule has 0 aliphatic carbocycles. The third-order valence-corrected chi connectivity index (χ3v) is 3.56. The zero-order chi connectivity index (χ0) is 13.9. The van der Waals surface area contributed by atoms with E-state index in [1.165, 1.54) is 0 Å². The molecule has 1 amide bonds. The second kappa shape index (κ2) is 10.2. The maximum atomic E-state index is 11.7. The molecule has 1 aliphatic heterocycles. The number of aliphatic hydroxyl groups is 1. The van der Waals surface area contributed by atoms with E-state index in [4.69, 9.17) is 9.84 Å². The van der Waals surface area contributed by atoms with Crippen molar-refractivity contribution in [2.75, 3.05) is 32.8 Å². The summed E-state index contributed by atoms with van der Waals surface area (Å²) in [6.45, 7) is 5.05. The predicted octanol–water partition coefficient (Wildman–Crippen LogP) is 0.670. The van der Waals surface area contributed by atoms with E-state index >= 15 is 0 Å². The lowest BCUT2D eigenvalue weighted by molar-refractivity contribution is -0.128. The maximum absolute atomic E-state index is 11.7. The van der Waals surface area contributed by atoms with Crippen LogP contribution in [0.5, 0.6) is 0 Å². The lowest BCUT2D eigenvalue weighted by Crippen LogP contribution is -2.37. The Bertz CT molecular complexity index is 237. The number of aliphatic hydroxyl groups excluding tert-OH is 1. The Hall–Kier alpha value is -0.650. The summed E-state index contributed by atoms with van der Waals surface area (Å²) < 4.78 is 5.60. The van der Waals surface area contributed by atoms with E-state index in [1.54, 1.807) is 0 Å². The highest BCUT2D eigenvalue weighted by atomic mass is 16.5. The molecule has 0 aromatic rings. The van der Waals surface area contributed by atoms with Crippen molar-refractivity contribution < 1.29 is 14.6 Å². The lowest BCUT2D eigenvalue weighted by Gasteiger charge is -2.23. The normalized spacial score (nSPS) is 18.2. The van der Waals surface area contributed by atoms with Gasteiger partial charge in [0.05, 0.1) is 6.10 Å². The molecule has 5 nitrogen and oxygen atoms in total. The summed E-state index contributed by atoms with van der Waals surface area (Å²) in [5.74, 6) is 0.329. The summed E-state index contributed by atoms with van der Waals surface area (Å²) in [5, 5.41) is 15.1. The van der Waals surface area contributed by atoms with Crippen LogP contribution in [0.25, 0.3) is 0 Å². The van der Waals surface area contributed by atoms with Gasteiger partial charge in [-0.25, -0.2) is 0 Å². The molecule has 112 valence electrons. The molecule has 1 fully saturated rings. The number of amides is 1. The van der Waals surface area contributed by atoms with Crippen molar-refractivity contribution in [1.29, 1.82) is 0 Å². The van der Waals surface area contributed by atoms with Gasteiger partial charge in [0.15, 0.2) is 0 Å². The minimum atomic E-state index is -0.0439. The fraction of sp³-hybridized carbons (Fsp3) is 0.929. The molecule has 0 radical (unpaired) electrons. The summed E-state index contributed by atoms with van der Waals surface area (Å²) >= 11 is 0. The molecule has 0 aromatic carbocycles. The standard InChI is InChI=1S/C14H28N2O3/c1-2-3-12(6-9-17)10-16-14(18)11-19-13-4-7-15-8-5-13/h12-13,15,17H,2-11H2,1H3,(H,16,18). The Morgan fingerprint density at radius 1 is 1.42 bits per heavy atom. The molecule has 0 spiro atoms. The third kappa shape index (κ3) is 7.50. The maximum Gasteiger partial charge on any atom is 0.246 e. The van der Waals surface area contributed by atoms with Gasteiger partial charge in [-0.1, -0.05) is 13.3 Å². The van der Waals surface area contributed by atoms with Crippen molar-refractivity contribution >= 4 is 5.91 Å². The molecular weight excluding hydrogens is 244 g/mol. The highest BCUT2D eigenvalue weighted by molar-refractivity contribution is 5.77. The molecule has 5 heteroatoms. The molecule has 0 saturated carbocycles. The highest BCUT2D eigenvalue weighted by Gasteiger charge is 2.15. The monoisotopic (exact) mass is 272 g/mol. The van der Waals surface area contributed by atoms with Crippen molar-refractivity contribution in [2.45, 2.75) is 45.1 Å². The van der Waals surface area contributed by atoms with Gasteiger partial charge in [-0.2, -0.15) is 0 Å². The molecule has 1 heterocycles. The lowest BCUT2D eigenvalue weighted by atomic mass is 10.0. The predicted molar refractivity (Wildman–Crippen MR) is 75.0 cm³/mol. The number of piperidine rings is 1. The van der Waals surface area contributed by atoms with Crippen molar-refractivity contribution in [1.82, 2.24) is 10.6 Å². The number of carbonyl (C=O) groups is 1. The van der Waals surface area contributed by atoms with Gasteiger partial charge < -0.3 is 20.5 Å². The second-order valence-electron chi connectivity index (χ2n) is 5.23. The van der Waals surface area contributed by atoms with Crippen molar-refractivity contribution in [3.8, 4) is 0 Å². The number of hydrogen-bond donors (Lipinski definition) is 3. The van der Waals surface area contributed by atoms with Crippen LogP contribution >= 0.6 is 0 Å². The Morgan fingerprint density at radius 2 is 2.16 bits per heavy atom. The molecule has 1 rings (SSSR count). The quantitative estimate of drug-likeness (QED) is 0.577. The van der Waals surface area contributed by atoms with E-state index in [-0.39, 0.29) is 25.2 Å². The van der Waals surface area contributed by atoms with E-state index in [1.807, 2.05) is 0 Å². The van der Waals surface area contributed by atoms with E-state index < -0.39 is 0 Å². The smallest absolute Gasteiger partial charge is 0.246 e. The average molecular weight is 272 g/mol. The Morgan fingerprint density at radius 3 is 2.79 bits per heavy atom. The van der Waals surface area contributed by atoms with E-state index in [0.717, 1.165) is 45.2 Å². The third-order valence-electron chi connectivity index (χ3n) is 3.56. The van der Waals surface area contributed by atoms with Crippen molar-refractivity contribution in [3.63, 3.8) is 0 Å². The Kier molecular flexibility index (Phi) is 8.79. The number of rotatable bonds is 9. The van der Waals surface area contributed by atoms with Gasteiger partial charge in [-0.05, 0) is 44.7 Å². The summed E-state index contributed by atoms with van der Waals surface area (Å²) in [6.07, 6.45) is 5.05. The van der Waals surface area contributed by atoms with Gasteiger partial charge in [0, 0.05) is 13.2 Å². The number of nitrogens with one attached hydrogen (secondary N) is 2. The molecule has 1 saturated heterocycles. The minimum Gasteiger partial charge on any atom is -0.396 e. The first-order valence-electron chi connectivity index (χ1n) is 7.46. The van der Waals surface area contributed by atoms with E-state index in [0.29, 0.717) is 12.5 Å². The molecule has 0 bridgehead atoms. The molecule has 1 atom stereocenters. The second-order valence-corrected chi connectivity index (χ2v) is 5.23. The van der Waals surface area contributed by atoms with Crippen LogP contribution in [-0.4, -0.2) is 50.0 Å². The number of carbonyl (C=O) groups excluding carboxylic acids is 1. The largest absolute Gasteiger partial charge is 0.396 e. The van der Waals surface area contributed by atoms with Crippen LogP contribution < -0.4 is 10.6 Å². The first-order chi connectivity index (χ1) is 9.26. The topological polar surface area (TPSA) is 70.6 Å².